The Balaban J connectivity index is 1.71. The van der Waals surface area contributed by atoms with Crippen molar-refractivity contribution in [3.05, 3.63) is 70.7 Å². The maximum atomic E-state index is 12.3. The third-order valence-corrected chi connectivity index (χ3v) is 3.76. The molecule has 0 aliphatic carbocycles. The van der Waals surface area contributed by atoms with Crippen LogP contribution in [0.25, 0.3) is 5.69 Å². The molecule has 0 aliphatic heterocycles. The monoisotopic (exact) mass is 358 g/mol. The molecule has 3 rings (SSSR count). The zero-order chi connectivity index (χ0) is 15.5. The van der Waals surface area contributed by atoms with Crippen molar-refractivity contribution in [2.75, 3.05) is 7.05 Å². The van der Waals surface area contributed by atoms with E-state index in [9.17, 15) is 4.79 Å². The van der Waals surface area contributed by atoms with Crippen LogP contribution >= 0.6 is 15.9 Å². The number of carbonyl (C=O) groups is 1. The third kappa shape index (κ3) is 3.12. The van der Waals surface area contributed by atoms with Gasteiger partial charge in [-0.25, -0.2) is 4.68 Å². The summed E-state index contributed by atoms with van der Waals surface area (Å²) in [6.45, 7) is 0.502. The summed E-state index contributed by atoms with van der Waals surface area (Å²) >= 11 is 3.33. The Morgan fingerprint density at radius 1 is 1.36 bits per heavy atom. The van der Waals surface area contributed by atoms with Crippen LogP contribution in [0.3, 0.4) is 0 Å². The van der Waals surface area contributed by atoms with Crippen LogP contribution in [-0.4, -0.2) is 32.6 Å². The molecule has 0 saturated carbocycles. The van der Waals surface area contributed by atoms with E-state index in [1.807, 2.05) is 36.5 Å². The highest BCUT2D eigenvalue weighted by Gasteiger charge is 2.14. The van der Waals surface area contributed by atoms with E-state index < -0.39 is 0 Å². The zero-order valence-electron chi connectivity index (χ0n) is 12.0. The van der Waals surface area contributed by atoms with Crippen molar-refractivity contribution in [2.24, 2.45) is 0 Å². The summed E-state index contributed by atoms with van der Waals surface area (Å²) in [5.41, 5.74) is 2.53. The number of hydrogen-bond acceptors (Lipinski definition) is 2. The van der Waals surface area contributed by atoms with Crippen LogP contribution < -0.4 is 0 Å². The molecule has 0 spiro atoms. The number of nitrogens with zero attached hydrogens (tertiary/aromatic N) is 3. The van der Waals surface area contributed by atoms with Gasteiger partial charge in [-0.3, -0.25) is 4.79 Å². The number of aromatic amines is 1. The molecule has 0 saturated heterocycles. The largest absolute Gasteiger partial charge is 0.356 e. The predicted octanol–water partition coefficient (Wildman–Crippen LogP) is 3.24. The van der Waals surface area contributed by atoms with E-state index in [1.165, 1.54) is 0 Å². The lowest BCUT2D eigenvalue weighted by Crippen LogP contribution is -2.26. The molecule has 3 aromatic rings. The molecule has 0 bridgehead atoms. The molecular weight excluding hydrogens is 344 g/mol. The molecule has 2 heterocycles. The van der Waals surface area contributed by atoms with E-state index >= 15 is 0 Å². The average Bonchev–Trinajstić information content (AvgIpc) is 3.16. The predicted molar refractivity (Wildman–Crippen MR) is 87.9 cm³/mol. The Kier molecular flexibility index (Phi) is 4.11. The van der Waals surface area contributed by atoms with E-state index in [2.05, 4.69) is 26.0 Å². The Morgan fingerprint density at radius 3 is 2.82 bits per heavy atom. The summed E-state index contributed by atoms with van der Waals surface area (Å²) in [5.74, 6) is -0.0573. The number of aromatic nitrogens is 3. The second-order valence-corrected chi connectivity index (χ2v) is 5.94. The molecule has 0 unspecified atom stereocenters. The van der Waals surface area contributed by atoms with E-state index in [1.54, 1.807) is 35.1 Å². The third-order valence-electron chi connectivity index (χ3n) is 3.30. The summed E-state index contributed by atoms with van der Waals surface area (Å²) in [6, 6.07) is 11.6. The summed E-state index contributed by atoms with van der Waals surface area (Å²) in [7, 11) is 1.77. The van der Waals surface area contributed by atoms with Gasteiger partial charge in [-0.2, -0.15) is 5.10 Å². The number of carbonyl (C=O) groups excluding carboxylic acids is 1. The van der Waals surface area contributed by atoms with Gasteiger partial charge in [-0.1, -0.05) is 18.2 Å². The first kappa shape index (κ1) is 14.6. The van der Waals surface area contributed by atoms with Gasteiger partial charge in [0, 0.05) is 36.0 Å². The second-order valence-electron chi connectivity index (χ2n) is 5.02. The molecule has 1 N–H and O–H groups in total. The average molecular weight is 359 g/mol. The molecule has 0 radical (unpaired) electrons. The summed E-state index contributed by atoms with van der Waals surface area (Å²) in [5, 5.41) is 4.34. The molecular formula is C16H15BrN4O. The molecule has 5 nitrogen and oxygen atoms in total. The van der Waals surface area contributed by atoms with Crippen LogP contribution in [0.2, 0.25) is 0 Å². The highest BCUT2D eigenvalue weighted by molar-refractivity contribution is 9.10. The SMILES string of the molecule is CN(Cc1cnn(-c2ccccc2)c1)C(=O)c1cc(Br)c[nH]1. The molecule has 0 aliphatic rings. The number of rotatable bonds is 4. The summed E-state index contributed by atoms with van der Waals surface area (Å²) in [6.07, 6.45) is 5.46. The van der Waals surface area contributed by atoms with Crippen molar-refractivity contribution in [1.29, 1.82) is 0 Å². The Hall–Kier alpha value is -2.34. The van der Waals surface area contributed by atoms with Crippen molar-refractivity contribution in [3.63, 3.8) is 0 Å². The molecule has 22 heavy (non-hydrogen) atoms. The first-order chi connectivity index (χ1) is 10.6. The number of amides is 1. The number of nitrogens with one attached hydrogen (secondary N) is 1. The van der Waals surface area contributed by atoms with Crippen molar-refractivity contribution >= 4 is 21.8 Å². The van der Waals surface area contributed by atoms with Crippen LogP contribution in [-0.2, 0) is 6.54 Å². The number of para-hydroxylation sites is 1. The first-order valence-electron chi connectivity index (χ1n) is 6.82. The van der Waals surface area contributed by atoms with E-state index in [4.69, 9.17) is 0 Å². The van der Waals surface area contributed by atoms with Gasteiger partial charge in [0.25, 0.3) is 5.91 Å². The molecule has 112 valence electrons. The topological polar surface area (TPSA) is 53.9 Å². The fraction of sp³-hybridized carbons (Fsp3) is 0.125. The first-order valence-corrected chi connectivity index (χ1v) is 7.61. The summed E-state index contributed by atoms with van der Waals surface area (Å²) in [4.78, 5) is 16.9. The van der Waals surface area contributed by atoms with Crippen LogP contribution in [0.4, 0.5) is 0 Å². The lowest BCUT2D eigenvalue weighted by Gasteiger charge is -2.15. The van der Waals surface area contributed by atoms with Gasteiger partial charge in [-0.15, -0.1) is 0 Å². The molecule has 2 aromatic heterocycles. The normalized spacial score (nSPS) is 10.6. The van der Waals surface area contributed by atoms with Crippen LogP contribution in [0, 0.1) is 0 Å². The highest BCUT2D eigenvalue weighted by atomic mass is 79.9. The maximum absolute atomic E-state index is 12.3. The smallest absolute Gasteiger partial charge is 0.270 e. The Labute approximate surface area is 136 Å². The Bertz CT molecular complexity index is 778. The van der Waals surface area contributed by atoms with Crippen molar-refractivity contribution in [1.82, 2.24) is 19.7 Å². The number of H-pyrrole nitrogens is 1. The standard InChI is InChI=1S/C16H15BrN4O/c1-20(16(22)15-7-13(17)9-18-15)10-12-8-19-21(11-12)14-5-3-2-4-6-14/h2-9,11,18H,10H2,1H3. The molecule has 0 fully saturated rings. The minimum atomic E-state index is -0.0573. The van der Waals surface area contributed by atoms with E-state index in [-0.39, 0.29) is 5.91 Å². The quantitative estimate of drug-likeness (QED) is 0.778. The lowest BCUT2D eigenvalue weighted by molar-refractivity contribution is 0.0780. The van der Waals surface area contributed by atoms with Crippen LogP contribution in [0.1, 0.15) is 16.1 Å². The van der Waals surface area contributed by atoms with Gasteiger partial charge >= 0.3 is 0 Å². The maximum Gasteiger partial charge on any atom is 0.270 e. The van der Waals surface area contributed by atoms with Gasteiger partial charge in [0.05, 0.1) is 11.9 Å². The van der Waals surface area contributed by atoms with Crippen LogP contribution in [0.5, 0.6) is 0 Å². The number of hydrogen-bond donors (Lipinski definition) is 1. The molecule has 0 atom stereocenters. The van der Waals surface area contributed by atoms with Gasteiger partial charge in [0.2, 0.25) is 0 Å². The molecule has 1 amide bonds. The zero-order valence-corrected chi connectivity index (χ0v) is 13.6. The van der Waals surface area contributed by atoms with Gasteiger partial charge in [-0.05, 0) is 34.1 Å². The fourth-order valence-electron chi connectivity index (χ4n) is 2.21. The van der Waals surface area contributed by atoms with Gasteiger partial charge in [0.1, 0.15) is 5.69 Å². The Morgan fingerprint density at radius 2 is 2.14 bits per heavy atom. The van der Waals surface area contributed by atoms with Crippen molar-refractivity contribution in [3.8, 4) is 5.69 Å². The van der Waals surface area contributed by atoms with E-state index in [0.29, 0.717) is 12.2 Å². The molecule has 6 heteroatoms. The molecule has 1 aromatic carbocycles. The minimum Gasteiger partial charge on any atom is -0.356 e. The minimum absolute atomic E-state index is 0.0573. The van der Waals surface area contributed by atoms with E-state index in [0.717, 1.165) is 15.7 Å². The van der Waals surface area contributed by atoms with Gasteiger partial charge < -0.3 is 9.88 Å². The number of halogens is 1. The van der Waals surface area contributed by atoms with Gasteiger partial charge in [0.15, 0.2) is 0 Å². The second kappa shape index (κ2) is 6.19. The highest BCUT2D eigenvalue weighted by Crippen LogP contribution is 2.14. The van der Waals surface area contributed by atoms with Crippen LogP contribution in [0.15, 0.2) is 59.5 Å². The summed E-state index contributed by atoms with van der Waals surface area (Å²) < 4.78 is 2.67. The lowest BCUT2D eigenvalue weighted by atomic mass is 10.3. The van der Waals surface area contributed by atoms with Crippen molar-refractivity contribution in [2.45, 2.75) is 6.54 Å². The fourth-order valence-corrected chi connectivity index (χ4v) is 2.55. The number of benzene rings is 1. The van der Waals surface area contributed by atoms with Crippen molar-refractivity contribution < 1.29 is 4.79 Å².